The molecule has 0 aliphatic heterocycles. The number of amides is 1. The smallest absolute Gasteiger partial charge is 0.343 e. The van der Waals surface area contributed by atoms with Gasteiger partial charge in [-0.1, -0.05) is 6.07 Å². The number of ether oxygens (including phenoxy) is 4. The Morgan fingerprint density at radius 2 is 1.83 bits per heavy atom. The second-order valence-corrected chi connectivity index (χ2v) is 6.74. The van der Waals surface area contributed by atoms with Crippen LogP contribution in [-0.2, 0) is 9.53 Å². The minimum Gasteiger partial charge on any atom is -0.493 e. The maximum atomic E-state index is 12.6. The molecular formula is C22H25NO6. The van der Waals surface area contributed by atoms with Gasteiger partial charge in [-0.2, -0.15) is 0 Å². The molecule has 0 heterocycles. The second-order valence-electron chi connectivity index (χ2n) is 6.74. The molecule has 2 aromatic rings. The van der Waals surface area contributed by atoms with Crippen LogP contribution in [0.1, 0.15) is 36.0 Å². The molecule has 1 amide bonds. The van der Waals surface area contributed by atoms with Crippen LogP contribution in [0.25, 0.3) is 0 Å². The van der Waals surface area contributed by atoms with E-state index in [0.29, 0.717) is 22.7 Å². The van der Waals surface area contributed by atoms with E-state index in [1.54, 1.807) is 18.2 Å². The van der Waals surface area contributed by atoms with Crippen molar-refractivity contribution in [3.8, 4) is 17.2 Å². The average Bonchev–Trinajstić information content (AvgIpc) is 3.25. The van der Waals surface area contributed by atoms with E-state index >= 15 is 0 Å². The summed E-state index contributed by atoms with van der Waals surface area (Å²) in [6, 6.07) is 12.1. The number of hydrogen-bond acceptors (Lipinski definition) is 6. The highest BCUT2D eigenvalue weighted by Crippen LogP contribution is 2.29. The first-order valence-electron chi connectivity index (χ1n) is 9.55. The monoisotopic (exact) mass is 399 g/mol. The van der Waals surface area contributed by atoms with Gasteiger partial charge in [0.25, 0.3) is 5.91 Å². The Morgan fingerprint density at radius 1 is 1.03 bits per heavy atom. The van der Waals surface area contributed by atoms with Gasteiger partial charge in [0.15, 0.2) is 18.1 Å². The number of methoxy groups -OCH3 is 2. The third-order valence-corrected chi connectivity index (χ3v) is 4.70. The van der Waals surface area contributed by atoms with Crippen molar-refractivity contribution in [3.63, 3.8) is 0 Å². The number of esters is 1. The number of rotatable bonds is 8. The van der Waals surface area contributed by atoms with Gasteiger partial charge >= 0.3 is 5.97 Å². The van der Waals surface area contributed by atoms with Crippen molar-refractivity contribution >= 4 is 17.6 Å². The van der Waals surface area contributed by atoms with Crippen molar-refractivity contribution in [1.82, 2.24) is 0 Å². The summed E-state index contributed by atoms with van der Waals surface area (Å²) in [6.07, 6.45) is 4.79. The molecule has 1 saturated carbocycles. The lowest BCUT2D eigenvalue weighted by Crippen LogP contribution is -2.15. The van der Waals surface area contributed by atoms with Crippen molar-refractivity contribution < 1.29 is 28.5 Å². The van der Waals surface area contributed by atoms with E-state index in [1.807, 2.05) is 24.3 Å². The van der Waals surface area contributed by atoms with Gasteiger partial charge in [0.2, 0.25) is 0 Å². The van der Waals surface area contributed by atoms with E-state index in [9.17, 15) is 9.59 Å². The van der Waals surface area contributed by atoms with E-state index in [2.05, 4.69) is 10.1 Å². The Bertz CT molecular complexity index is 860. The number of carbonyl (C=O) groups is 2. The van der Waals surface area contributed by atoms with Crippen molar-refractivity contribution in [2.75, 3.05) is 26.1 Å². The van der Waals surface area contributed by atoms with Gasteiger partial charge in [-0.05, 0) is 56.0 Å². The van der Waals surface area contributed by atoms with Crippen LogP contribution in [0.5, 0.6) is 17.2 Å². The van der Waals surface area contributed by atoms with Gasteiger partial charge < -0.3 is 24.3 Å². The summed E-state index contributed by atoms with van der Waals surface area (Å²) >= 11 is 0. The zero-order valence-electron chi connectivity index (χ0n) is 16.6. The second kappa shape index (κ2) is 9.82. The fourth-order valence-corrected chi connectivity index (χ4v) is 3.17. The largest absolute Gasteiger partial charge is 0.493 e. The van der Waals surface area contributed by atoms with Gasteiger partial charge in [-0.15, -0.1) is 0 Å². The van der Waals surface area contributed by atoms with Crippen LogP contribution in [0.3, 0.4) is 0 Å². The number of carbonyl (C=O) groups excluding carboxylic acids is 2. The Morgan fingerprint density at radius 3 is 2.55 bits per heavy atom. The summed E-state index contributed by atoms with van der Waals surface area (Å²) < 4.78 is 21.2. The van der Waals surface area contributed by atoms with Gasteiger partial charge in [0.05, 0.1) is 20.3 Å². The molecule has 0 aromatic heterocycles. The molecule has 7 heteroatoms. The van der Waals surface area contributed by atoms with Gasteiger partial charge in [-0.3, -0.25) is 4.79 Å². The van der Waals surface area contributed by atoms with Crippen LogP contribution in [0, 0.1) is 0 Å². The molecule has 0 unspecified atom stereocenters. The molecular weight excluding hydrogens is 374 g/mol. The lowest BCUT2D eigenvalue weighted by Gasteiger charge is -2.14. The Labute approximate surface area is 169 Å². The first-order valence-corrected chi connectivity index (χ1v) is 9.55. The Hall–Kier alpha value is -3.22. The predicted molar refractivity (Wildman–Crippen MR) is 108 cm³/mol. The third-order valence-electron chi connectivity index (χ3n) is 4.70. The van der Waals surface area contributed by atoms with E-state index in [4.69, 9.17) is 14.2 Å². The van der Waals surface area contributed by atoms with Crippen molar-refractivity contribution in [3.05, 3.63) is 48.0 Å². The molecule has 0 saturated heterocycles. The van der Waals surface area contributed by atoms with Gasteiger partial charge in [0.1, 0.15) is 5.75 Å². The van der Waals surface area contributed by atoms with Crippen molar-refractivity contribution in [2.45, 2.75) is 31.8 Å². The quantitative estimate of drug-likeness (QED) is 0.680. The summed E-state index contributed by atoms with van der Waals surface area (Å²) in [7, 11) is 2.75. The zero-order chi connectivity index (χ0) is 20.6. The minimum absolute atomic E-state index is 0.244. The van der Waals surface area contributed by atoms with Gasteiger partial charge in [-0.25, -0.2) is 4.79 Å². The number of benzene rings is 2. The molecule has 0 radical (unpaired) electrons. The molecule has 1 fully saturated rings. The van der Waals surface area contributed by atoms with E-state index < -0.39 is 5.97 Å². The van der Waals surface area contributed by atoms with E-state index in [1.165, 1.54) is 27.1 Å². The van der Waals surface area contributed by atoms with Gasteiger partial charge in [0, 0.05) is 17.3 Å². The standard InChI is InChI=1S/C22H25NO6/c1-26-20-12-15(10-11-19(20)28-14-21(24)27-2)22(25)23-16-6-5-9-18(13-16)29-17-7-3-4-8-17/h5-6,9-13,17H,3-4,7-8,14H2,1-2H3,(H,23,25). The Balaban J connectivity index is 1.66. The zero-order valence-corrected chi connectivity index (χ0v) is 16.6. The van der Waals surface area contributed by atoms with E-state index in [-0.39, 0.29) is 18.6 Å². The third kappa shape index (κ3) is 5.63. The first-order chi connectivity index (χ1) is 14.1. The minimum atomic E-state index is -0.506. The summed E-state index contributed by atoms with van der Waals surface area (Å²) in [6.45, 7) is -0.244. The van der Waals surface area contributed by atoms with Crippen LogP contribution < -0.4 is 19.5 Å². The lowest BCUT2D eigenvalue weighted by molar-refractivity contribution is -0.142. The normalized spacial score (nSPS) is 13.6. The maximum Gasteiger partial charge on any atom is 0.343 e. The number of nitrogens with one attached hydrogen (secondary N) is 1. The molecule has 1 N–H and O–H groups in total. The van der Waals surface area contributed by atoms with Crippen molar-refractivity contribution in [1.29, 1.82) is 0 Å². The topological polar surface area (TPSA) is 83.1 Å². The van der Waals surface area contributed by atoms with Crippen molar-refractivity contribution in [2.24, 2.45) is 0 Å². The number of anilines is 1. The SMILES string of the molecule is COC(=O)COc1ccc(C(=O)Nc2cccc(OC3CCCC3)c2)cc1OC. The summed E-state index contributed by atoms with van der Waals surface area (Å²) in [5, 5.41) is 2.86. The highest BCUT2D eigenvalue weighted by molar-refractivity contribution is 6.04. The fraction of sp³-hybridized carbons (Fsp3) is 0.364. The summed E-state index contributed by atoms with van der Waals surface area (Å²) in [4.78, 5) is 23.9. The molecule has 3 rings (SSSR count). The molecule has 0 bridgehead atoms. The lowest BCUT2D eigenvalue weighted by atomic mass is 10.1. The molecule has 1 aliphatic rings. The van der Waals surface area contributed by atoms with Crippen LogP contribution in [0.2, 0.25) is 0 Å². The molecule has 29 heavy (non-hydrogen) atoms. The molecule has 0 atom stereocenters. The summed E-state index contributed by atoms with van der Waals surface area (Å²) in [5.41, 5.74) is 1.05. The average molecular weight is 399 g/mol. The molecule has 1 aliphatic carbocycles. The predicted octanol–water partition coefficient (Wildman–Crippen LogP) is 3.82. The molecule has 0 spiro atoms. The molecule has 154 valence electrons. The highest BCUT2D eigenvalue weighted by atomic mass is 16.6. The van der Waals surface area contributed by atoms with Crippen LogP contribution >= 0.6 is 0 Å². The maximum absolute atomic E-state index is 12.6. The Kier molecular flexibility index (Phi) is 6.94. The van der Waals surface area contributed by atoms with Crippen LogP contribution in [-0.4, -0.2) is 38.8 Å². The molecule has 7 nitrogen and oxygen atoms in total. The highest BCUT2D eigenvalue weighted by Gasteiger charge is 2.17. The summed E-state index contributed by atoms with van der Waals surface area (Å²) in [5.74, 6) is 0.648. The van der Waals surface area contributed by atoms with E-state index in [0.717, 1.165) is 18.6 Å². The fourth-order valence-electron chi connectivity index (χ4n) is 3.17. The number of hydrogen-bond donors (Lipinski definition) is 1. The first kappa shape index (κ1) is 20.5. The molecule has 2 aromatic carbocycles. The van der Waals surface area contributed by atoms with Crippen LogP contribution in [0.15, 0.2) is 42.5 Å². The van der Waals surface area contributed by atoms with Crippen LogP contribution in [0.4, 0.5) is 5.69 Å².